The van der Waals surface area contributed by atoms with E-state index in [0.29, 0.717) is 11.9 Å². The summed E-state index contributed by atoms with van der Waals surface area (Å²) in [6.07, 6.45) is 9.06. The first-order valence-corrected chi connectivity index (χ1v) is 18.7. The number of nitrogens with one attached hydrogen (secondary N) is 2. The van der Waals surface area contributed by atoms with Gasteiger partial charge in [0.1, 0.15) is 23.4 Å². The molecule has 0 spiro atoms. The first-order chi connectivity index (χ1) is 25.9. The number of fused-ring (bicyclic) bond motifs is 2. The van der Waals surface area contributed by atoms with Gasteiger partial charge < -0.3 is 25.0 Å². The van der Waals surface area contributed by atoms with Crippen LogP contribution in [0.4, 0.5) is 16.6 Å². The number of anilines is 2. The number of carbonyl (C=O) groups excluding carboxylic acids is 1. The number of aromatic nitrogens is 7. The van der Waals surface area contributed by atoms with E-state index in [2.05, 4.69) is 89.4 Å². The number of amides is 2. The third-order valence-electron chi connectivity index (χ3n) is 9.58. The standard InChI is InChI=1S/C38H53N11O2.CH2O2/c1-9-19-47(26(3)10-2)37-43-42-34-18-15-28(25-48(34)37)51-32-17-16-31(29-13-11-12-14-30(29)32)40-36(50)41-35-22-33(38(4,5)6)44-49(35)27-23-39-46(24-27)21-20-45(7)8;2-1-3/h11-15,18,22-26,31-32H,9-10,16-17,19-21H2,1-8H3,(H2,40,41,50);1H,(H,2,3)/t26-,31+,32-;/m1./s1. The normalized spacial score (nSPS) is 15.9. The van der Waals surface area contributed by atoms with Gasteiger partial charge in [0.05, 0.1) is 36.9 Å². The number of hydrogen-bond acceptors (Lipinski definition) is 9. The second kappa shape index (κ2) is 17.6. The Balaban J connectivity index is 0.00000181. The molecule has 4 heterocycles. The third kappa shape index (κ3) is 9.37. The van der Waals surface area contributed by atoms with Crippen molar-refractivity contribution in [3.8, 4) is 11.4 Å². The number of likely N-dealkylation sites (N-methyl/N-ethyl adjacent to an activating group) is 1. The van der Waals surface area contributed by atoms with E-state index in [1.54, 1.807) is 10.9 Å². The Hall–Kier alpha value is -5.44. The van der Waals surface area contributed by atoms with Crippen molar-refractivity contribution in [2.75, 3.05) is 37.4 Å². The Morgan fingerprint density at radius 2 is 1.81 bits per heavy atom. The minimum atomic E-state index is -0.292. The lowest BCUT2D eigenvalue weighted by Gasteiger charge is -2.32. The molecule has 0 aliphatic heterocycles. The van der Waals surface area contributed by atoms with Crippen molar-refractivity contribution in [1.82, 2.24) is 44.4 Å². The number of urea groups is 1. The molecule has 1 aliphatic rings. The fraction of sp³-hybridized carbons (Fsp3) is 0.487. The Bertz CT molecular complexity index is 1990. The highest BCUT2D eigenvalue weighted by atomic mass is 16.5. The SMILES string of the molecule is CCCN(c1nnc2ccc(O[C@@H]3CC[C@H](NC(=O)Nc4cc(C(C)(C)C)nn4-c4cnn(CCN(C)C)c4)c4ccccc43)cn12)[C@H](C)CC.O=CO. The van der Waals surface area contributed by atoms with Crippen molar-refractivity contribution in [2.45, 2.75) is 97.4 Å². The maximum Gasteiger partial charge on any atom is 0.320 e. The molecule has 15 heteroatoms. The Kier molecular flexibility index (Phi) is 13.0. The molecule has 0 saturated heterocycles. The van der Waals surface area contributed by atoms with Gasteiger partial charge in [0.2, 0.25) is 5.95 Å². The van der Waals surface area contributed by atoms with Crippen molar-refractivity contribution < 1.29 is 19.4 Å². The lowest BCUT2D eigenvalue weighted by atomic mass is 9.85. The highest BCUT2D eigenvalue weighted by Crippen LogP contribution is 2.39. The average molecular weight is 742 g/mol. The first kappa shape index (κ1) is 39.8. The van der Waals surface area contributed by atoms with Gasteiger partial charge in [-0.1, -0.05) is 58.9 Å². The molecule has 0 saturated carbocycles. The topological polar surface area (TPSA) is 160 Å². The number of rotatable bonds is 13. The molecular weight excluding hydrogens is 687 g/mol. The molecule has 0 radical (unpaired) electrons. The highest BCUT2D eigenvalue weighted by molar-refractivity contribution is 5.89. The second-order valence-corrected chi connectivity index (χ2v) is 15.0. The minimum absolute atomic E-state index is 0.166. The lowest BCUT2D eigenvalue weighted by molar-refractivity contribution is -0.122. The van der Waals surface area contributed by atoms with E-state index in [1.807, 2.05) is 65.9 Å². The molecule has 1 aliphatic carbocycles. The number of hydrogen-bond donors (Lipinski definition) is 3. The summed E-state index contributed by atoms with van der Waals surface area (Å²) in [7, 11) is 4.08. The number of nitrogens with zero attached hydrogens (tertiary/aromatic N) is 9. The number of carboxylic acid groups (broad SMARTS) is 1. The molecule has 290 valence electrons. The maximum atomic E-state index is 13.7. The fourth-order valence-corrected chi connectivity index (χ4v) is 6.52. The van der Waals surface area contributed by atoms with Gasteiger partial charge in [-0.15, -0.1) is 10.2 Å². The molecule has 2 amide bonds. The zero-order chi connectivity index (χ0) is 39.0. The van der Waals surface area contributed by atoms with Gasteiger partial charge >= 0.3 is 6.03 Å². The zero-order valence-corrected chi connectivity index (χ0v) is 32.7. The Morgan fingerprint density at radius 1 is 1.07 bits per heavy atom. The minimum Gasteiger partial charge on any atom is -0.484 e. The van der Waals surface area contributed by atoms with Crippen LogP contribution in [-0.4, -0.2) is 89.9 Å². The molecular formula is C39H55N11O4. The van der Waals surface area contributed by atoms with E-state index in [4.69, 9.17) is 19.7 Å². The number of carbonyl (C=O) groups is 2. The average Bonchev–Trinajstić information content (AvgIpc) is 3.89. The maximum absolute atomic E-state index is 13.7. The first-order valence-electron chi connectivity index (χ1n) is 18.7. The molecule has 3 atom stereocenters. The van der Waals surface area contributed by atoms with Crippen LogP contribution in [-0.2, 0) is 16.8 Å². The smallest absolute Gasteiger partial charge is 0.320 e. The van der Waals surface area contributed by atoms with Crippen LogP contribution in [0.3, 0.4) is 0 Å². The monoisotopic (exact) mass is 741 g/mol. The van der Waals surface area contributed by atoms with E-state index < -0.39 is 0 Å². The van der Waals surface area contributed by atoms with Crippen LogP contribution in [0.2, 0.25) is 0 Å². The molecule has 1 aromatic carbocycles. The quantitative estimate of drug-likeness (QED) is 0.114. The fourth-order valence-electron chi connectivity index (χ4n) is 6.52. The van der Waals surface area contributed by atoms with Crippen LogP contribution in [0.1, 0.15) is 96.2 Å². The van der Waals surface area contributed by atoms with Gasteiger partial charge in [0.15, 0.2) is 5.65 Å². The van der Waals surface area contributed by atoms with Gasteiger partial charge in [-0.05, 0) is 70.0 Å². The van der Waals surface area contributed by atoms with E-state index in [-0.39, 0.29) is 30.1 Å². The second-order valence-electron chi connectivity index (χ2n) is 15.0. The zero-order valence-electron chi connectivity index (χ0n) is 32.7. The van der Waals surface area contributed by atoms with Crippen molar-refractivity contribution in [2.24, 2.45) is 0 Å². The van der Waals surface area contributed by atoms with Gasteiger partial charge in [-0.25, -0.2) is 9.48 Å². The van der Waals surface area contributed by atoms with Crippen LogP contribution in [0.5, 0.6) is 5.75 Å². The third-order valence-corrected chi connectivity index (χ3v) is 9.58. The summed E-state index contributed by atoms with van der Waals surface area (Å²) in [6.45, 7) is 15.2. The summed E-state index contributed by atoms with van der Waals surface area (Å²) >= 11 is 0. The van der Waals surface area contributed by atoms with Crippen LogP contribution >= 0.6 is 0 Å². The van der Waals surface area contributed by atoms with Gasteiger partial charge in [-0.3, -0.25) is 19.2 Å². The van der Waals surface area contributed by atoms with E-state index in [0.717, 1.165) is 85.2 Å². The predicted molar refractivity (Wildman–Crippen MR) is 210 cm³/mol. The molecule has 5 aromatic rings. The van der Waals surface area contributed by atoms with E-state index in [9.17, 15) is 4.79 Å². The summed E-state index contributed by atoms with van der Waals surface area (Å²) in [6, 6.07) is 13.9. The molecule has 15 nitrogen and oxygen atoms in total. The summed E-state index contributed by atoms with van der Waals surface area (Å²) in [4.78, 5) is 26.4. The molecule has 4 aromatic heterocycles. The van der Waals surface area contributed by atoms with Crippen molar-refractivity contribution in [1.29, 1.82) is 0 Å². The Morgan fingerprint density at radius 3 is 2.50 bits per heavy atom. The number of benzene rings is 1. The van der Waals surface area contributed by atoms with Gasteiger partial charge in [0, 0.05) is 30.6 Å². The summed E-state index contributed by atoms with van der Waals surface area (Å²) in [5, 5.41) is 31.6. The lowest BCUT2D eigenvalue weighted by Crippen LogP contribution is -2.36. The molecule has 6 rings (SSSR count). The predicted octanol–water partition coefficient (Wildman–Crippen LogP) is 6.46. The number of pyridine rings is 1. The summed E-state index contributed by atoms with van der Waals surface area (Å²) in [5.41, 5.74) is 4.35. The molecule has 0 bridgehead atoms. The van der Waals surface area contributed by atoms with Crippen molar-refractivity contribution in [3.05, 3.63) is 77.9 Å². The van der Waals surface area contributed by atoms with E-state index in [1.165, 1.54) is 0 Å². The number of ether oxygens (including phenoxy) is 1. The summed E-state index contributed by atoms with van der Waals surface area (Å²) in [5.74, 6) is 2.17. The van der Waals surface area contributed by atoms with Crippen LogP contribution in [0.25, 0.3) is 11.3 Å². The summed E-state index contributed by atoms with van der Waals surface area (Å²) < 4.78 is 12.4. The van der Waals surface area contributed by atoms with Crippen LogP contribution in [0.15, 0.2) is 61.1 Å². The van der Waals surface area contributed by atoms with Crippen molar-refractivity contribution in [3.63, 3.8) is 0 Å². The molecule has 0 fully saturated rings. The molecule has 0 unspecified atom stereocenters. The van der Waals surface area contributed by atoms with Crippen LogP contribution in [0, 0.1) is 0 Å². The van der Waals surface area contributed by atoms with E-state index >= 15 is 0 Å². The van der Waals surface area contributed by atoms with Crippen LogP contribution < -0.4 is 20.3 Å². The Labute approximate surface area is 317 Å². The highest BCUT2D eigenvalue weighted by Gasteiger charge is 2.30. The largest absolute Gasteiger partial charge is 0.484 e. The van der Waals surface area contributed by atoms with Gasteiger partial charge in [-0.2, -0.15) is 10.2 Å². The molecule has 54 heavy (non-hydrogen) atoms. The van der Waals surface area contributed by atoms with Crippen molar-refractivity contribution >= 4 is 29.9 Å². The molecule has 3 N–H and O–H groups in total. The van der Waals surface area contributed by atoms with Gasteiger partial charge in [0.25, 0.3) is 6.47 Å².